The third-order valence-electron chi connectivity index (χ3n) is 5.24. The Morgan fingerprint density at radius 3 is 2.57 bits per heavy atom. The molecule has 1 heterocycles. The van der Waals surface area contributed by atoms with E-state index in [0.717, 1.165) is 19.4 Å². The highest BCUT2D eigenvalue weighted by Gasteiger charge is 2.28. The van der Waals surface area contributed by atoms with Crippen molar-refractivity contribution in [2.45, 2.75) is 18.9 Å². The number of rotatable bonds is 6. The molecule has 0 radical (unpaired) electrons. The summed E-state index contributed by atoms with van der Waals surface area (Å²) in [5.74, 6) is 0.608. The van der Waals surface area contributed by atoms with Crippen molar-refractivity contribution in [3.8, 4) is 22.6 Å². The minimum atomic E-state index is -1.06. The van der Waals surface area contributed by atoms with Gasteiger partial charge in [0.05, 0.1) is 19.9 Å². The largest absolute Gasteiger partial charge is 0.493 e. The summed E-state index contributed by atoms with van der Waals surface area (Å²) in [4.78, 5) is 15.5. The Hall–Kier alpha value is -2.80. The van der Waals surface area contributed by atoms with Gasteiger partial charge >= 0.3 is 6.09 Å². The Bertz CT molecular complexity index is 858. The van der Waals surface area contributed by atoms with E-state index in [0.29, 0.717) is 34.9 Å². The SMILES string of the molecule is COc1ccc(-c2cc(F)ccc2N(CC2CCCN2C)C(=O)O)cc1OC. The molecule has 1 aliphatic heterocycles. The summed E-state index contributed by atoms with van der Waals surface area (Å²) in [5.41, 5.74) is 1.59. The first-order valence-corrected chi connectivity index (χ1v) is 9.17. The van der Waals surface area contributed by atoms with Crippen LogP contribution in [0.2, 0.25) is 0 Å². The lowest BCUT2D eigenvalue weighted by Gasteiger charge is -2.28. The van der Waals surface area contributed by atoms with Crippen molar-refractivity contribution in [2.75, 3.05) is 39.3 Å². The highest BCUT2D eigenvalue weighted by Crippen LogP contribution is 2.37. The molecule has 0 spiro atoms. The van der Waals surface area contributed by atoms with E-state index in [4.69, 9.17) is 9.47 Å². The molecular weight excluding hydrogens is 363 g/mol. The second-order valence-corrected chi connectivity index (χ2v) is 6.90. The van der Waals surface area contributed by atoms with Crippen LogP contribution in [-0.2, 0) is 0 Å². The zero-order valence-corrected chi connectivity index (χ0v) is 16.3. The lowest BCUT2D eigenvalue weighted by molar-refractivity contribution is 0.198. The average molecular weight is 388 g/mol. The van der Waals surface area contributed by atoms with Crippen molar-refractivity contribution in [3.05, 3.63) is 42.2 Å². The van der Waals surface area contributed by atoms with E-state index in [1.807, 2.05) is 7.05 Å². The zero-order chi connectivity index (χ0) is 20.3. The molecular formula is C21H25FN2O4. The highest BCUT2D eigenvalue weighted by molar-refractivity contribution is 5.93. The van der Waals surface area contributed by atoms with Crippen molar-refractivity contribution in [3.63, 3.8) is 0 Å². The van der Waals surface area contributed by atoms with Gasteiger partial charge < -0.3 is 19.5 Å². The predicted molar refractivity (Wildman–Crippen MR) is 106 cm³/mol. The Morgan fingerprint density at radius 2 is 1.96 bits per heavy atom. The van der Waals surface area contributed by atoms with Gasteiger partial charge in [-0.2, -0.15) is 0 Å². The number of likely N-dealkylation sites (N-methyl/N-ethyl adjacent to an activating group) is 1. The number of carbonyl (C=O) groups is 1. The van der Waals surface area contributed by atoms with Crippen LogP contribution in [0.25, 0.3) is 11.1 Å². The lowest BCUT2D eigenvalue weighted by atomic mass is 10.0. The van der Waals surface area contributed by atoms with Gasteiger partial charge in [-0.25, -0.2) is 9.18 Å². The Kier molecular flexibility index (Phi) is 6.04. The number of anilines is 1. The van der Waals surface area contributed by atoms with Crippen LogP contribution in [0.15, 0.2) is 36.4 Å². The van der Waals surface area contributed by atoms with Crippen LogP contribution in [0, 0.1) is 5.82 Å². The monoisotopic (exact) mass is 388 g/mol. The maximum absolute atomic E-state index is 14.1. The van der Waals surface area contributed by atoms with Gasteiger partial charge in [-0.05, 0) is 62.3 Å². The van der Waals surface area contributed by atoms with Gasteiger partial charge in [-0.15, -0.1) is 0 Å². The van der Waals surface area contributed by atoms with E-state index in [-0.39, 0.29) is 6.04 Å². The van der Waals surface area contributed by atoms with Gasteiger partial charge in [0.1, 0.15) is 5.82 Å². The van der Waals surface area contributed by atoms with Crippen molar-refractivity contribution in [1.82, 2.24) is 4.90 Å². The zero-order valence-electron chi connectivity index (χ0n) is 16.3. The lowest BCUT2D eigenvalue weighted by Crippen LogP contribution is -2.41. The smallest absolute Gasteiger partial charge is 0.411 e. The van der Waals surface area contributed by atoms with Crippen LogP contribution < -0.4 is 14.4 Å². The van der Waals surface area contributed by atoms with Crippen LogP contribution in [-0.4, -0.2) is 56.5 Å². The van der Waals surface area contributed by atoms with Gasteiger partial charge in [-0.3, -0.25) is 4.90 Å². The third-order valence-corrected chi connectivity index (χ3v) is 5.24. The van der Waals surface area contributed by atoms with E-state index in [9.17, 15) is 14.3 Å². The molecule has 1 N–H and O–H groups in total. The number of halogens is 1. The molecule has 150 valence electrons. The number of carboxylic acid groups (broad SMARTS) is 1. The van der Waals surface area contributed by atoms with Crippen molar-refractivity contribution >= 4 is 11.8 Å². The second kappa shape index (κ2) is 8.48. The summed E-state index contributed by atoms with van der Waals surface area (Å²) in [5, 5.41) is 9.87. The molecule has 1 aliphatic rings. The summed E-state index contributed by atoms with van der Waals surface area (Å²) in [6, 6.07) is 9.50. The summed E-state index contributed by atoms with van der Waals surface area (Å²) in [6.45, 7) is 1.28. The molecule has 1 fully saturated rings. The summed E-state index contributed by atoms with van der Waals surface area (Å²) < 4.78 is 24.7. The minimum absolute atomic E-state index is 0.138. The molecule has 1 amide bonds. The molecule has 0 saturated carbocycles. The Labute approximate surface area is 164 Å². The fraction of sp³-hybridized carbons (Fsp3) is 0.381. The molecule has 6 nitrogen and oxygen atoms in total. The first-order chi connectivity index (χ1) is 13.4. The first kappa shape index (κ1) is 19.9. The number of hydrogen-bond donors (Lipinski definition) is 1. The highest BCUT2D eigenvalue weighted by atomic mass is 19.1. The molecule has 0 aliphatic carbocycles. The van der Waals surface area contributed by atoms with E-state index in [1.165, 1.54) is 37.3 Å². The molecule has 1 atom stereocenters. The third kappa shape index (κ3) is 4.04. The van der Waals surface area contributed by atoms with Crippen molar-refractivity contribution in [1.29, 1.82) is 0 Å². The van der Waals surface area contributed by atoms with Crippen LogP contribution in [0.3, 0.4) is 0 Å². The fourth-order valence-corrected chi connectivity index (χ4v) is 3.68. The van der Waals surface area contributed by atoms with Gasteiger partial charge in [0, 0.05) is 18.2 Å². The van der Waals surface area contributed by atoms with E-state index < -0.39 is 11.9 Å². The molecule has 1 unspecified atom stereocenters. The average Bonchev–Trinajstić information content (AvgIpc) is 3.10. The van der Waals surface area contributed by atoms with Gasteiger partial charge in [0.2, 0.25) is 0 Å². The van der Waals surface area contributed by atoms with Gasteiger partial charge in [0.25, 0.3) is 0 Å². The Morgan fingerprint density at radius 1 is 1.21 bits per heavy atom. The van der Waals surface area contributed by atoms with Crippen LogP contribution in [0.5, 0.6) is 11.5 Å². The number of likely N-dealkylation sites (tertiary alicyclic amines) is 1. The molecule has 2 aromatic carbocycles. The quantitative estimate of drug-likeness (QED) is 0.808. The molecule has 2 aromatic rings. The summed E-state index contributed by atoms with van der Waals surface area (Å²) in [6.07, 6.45) is 0.918. The number of amides is 1. The molecule has 0 bridgehead atoms. The molecule has 0 aromatic heterocycles. The maximum Gasteiger partial charge on any atom is 0.411 e. The van der Waals surface area contributed by atoms with E-state index in [2.05, 4.69) is 4.90 Å². The topological polar surface area (TPSA) is 62.2 Å². The van der Waals surface area contributed by atoms with Crippen molar-refractivity contribution in [2.24, 2.45) is 0 Å². The van der Waals surface area contributed by atoms with Crippen LogP contribution in [0.4, 0.5) is 14.9 Å². The molecule has 7 heteroatoms. The number of hydrogen-bond acceptors (Lipinski definition) is 4. The number of benzene rings is 2. The summed E-state index contributed by atoms with van der Waals surface area (Å²) >= 11 is 0. The summed E-state index contributed by atoms with van der Waals surface area (Å²) in [7, 11) is 5.06. The Balaban J connectivity index is 2.05. The number of nitrogens with zero attached hydrogens (tertiary/aromatic N) is 2. The van der Waals surface area contributed by atoms with Gasteiger partial charge in [0.15, 0.2) is 11.5 Å². The normalized spacial score (nSPS) is 16.8. The second-order valence-electron chi connectivity index (χ2n) is 6.90. The molecule has 1 saturated heterocycles. The number of methoxy groups -OCH3 is 2. The van der Waals surface area contributed by atoms with Crippen LogP contribution >= 0.6 is 0 Å². The van der Waals surface area contributed by atoms with Crippen LogP contribution in [0.1, 0.15) is 12.8 Å². The standard InChI is InChI=1S/C21H25FN2O4/c1-23-10-4-5-16(23)13-24(21(25)26)18-8-7-15(22)12-17(18)14-6-9-19(27-2)20(11-14)28-3/h6-9,11-12,16H,4-5,10,13H2,1-3H3,(H,25,26). The van der Waals surface area contributed by atoms with Crippen molar-refractivity contribution < 1.29 is 23.8 Å². The molecule has 28 heavy (non-hydrogen) atoms. The predicted octanol–water partition coefficient (Wildman–Crippen LogP) is 4.09. The minimum Gasteiger partial charge on any atom is -0.493 e. The maximum atomic E-state index is 14.1. The van der Waals surface area contributed by atoms with Gasteiger partial charge in [-0.1, -0.05) is 6.07 Å². The number of ether oxygens (including phenoxy) is 2. The first-order valence-electron chi connectivity index (χ1n) is 9.17. The fourth-order valence-electron chi connectivity index (χ4n) is 3.68. The molecule has 3 rings (SSSR count). The van der Waals surface area contributed by atoms with E-state index in [1.54, 1.807) is 18.2 Å². The van der Waals surface area contributed by atoms with E-state index >= 15 is 0 Å².